The zero-order valence-electron chi connectivity index (χ0n) is 12.7. The number of nitrogens with zero attached hydrogens (tertiary/aromatic N) is 2. The van der Waals surface area contributed by atoms with E-state index in [0.717, 1.165) is 5.17 Å². The van der Waals surface area contributed by atoms with Gasteiger partial charge in [-0.2, -0.15) is 0 Å². The van der Waals surface area contributed by atoms with Crippen LogP contribution in [0.5, 0.6) is 0 Å². The van der Waals surface area contributed by atoms with E-state index in [-0.39, 0.29) is 27.1 Å². The van der Waals surface area contributed by atoms with Crippen molar-refractivity contribution in [2.75, 3.05) is 0 Å². The third-order valence-electron chi connectivity index (χ3n) is 5.21. The zero-order valence-corrected chi connectivity index (χ0v) is 13.5. The maximum absolute atomic E-state index is 12.9. The summed E-state index contributed by atoms with van der Waals surface area (Å²) in [6.07, 6.45) is 0. The number of hydrogen-bond donors (Lipinski definition) is 0. The first-order valence-electron chi connectivity index (χ1n) is 6.48. The van der Waals surface area contributed by atoms with Crippen LogP contribution in [-0.4, -0.2) is 31.8 Å². The standard InChI is InChI=1S/C14H24N2OS/c1-11(2)9(17)16-10(18-14(11,7)8)15-12(3,4)13(16,5)6/h1-8H3. The molecule has 0 bridgehead atoms. The highest BCUT2D eigenvalue weighted by Gasteiger charge is 2.61. The predicted octanol–water partition coefficient (Wildman–Crippen LogP) is 3.29. The molecule has 102 valence electrons. The molecule has 2 aliphatic heterocycles. The molecule has 1 saturated heterocycles. The van der Waals surface area contributed by atoms with Gasteiger partial charge in [0, 0.05) is 4.75 Å². The second-order valence-corrected chi connectivity index (χ2v) is 8.98. The second-order valence-electron chi connectivity index (χ2n) is 7.39. The largest absolute Gasteiger partial charge is 0.283 e. The van der Waals surface area contributed by atoms with Crippen LogP contribution in [0.2, 0.25) is 0 Å². The summed E-state index contributed by atoms with van der Waals surface area (Å²) in [4.78, 5) is 19.6. The molecular weight excluding hydrogens is 244 g/mol. The van der Waals surface area contributed by atoms with Gasteiger partial charge in [0.2, 0.25) is 5.91 Å². The Bertz CT molecular complexity index is 447. The summed E-state index contributed by atoms with van der Waals surface area (Å²) in [5, 5.41) is 0.888. The molecule has 0 aromatic carbocycles. The van der Waals surface area contributed by atoms with E-state index < -0.39 is 0 Å². The molecule has 0 saturated carbocycles. The molecule has 0 N–H and O–H groups in total. The van der Waals surface area contributed by atoms with Crippen LogP contribution in [-0.2, 0) is 4.79 Å². The number of hydrogen-bond acceptors (Lipinski definition) is 3. The van der Waals surface area contributed by atoms with Crippen molar-refractivity contribution in [2.45, 2.75) is 71.2 Å². The molecule has 0 spiro atoms. The predicted molar refractivity (Wildman–Crippen MR) is 77.9 cm³/mol. The van der Waals surface area contributed by atoms with Gasteiger partial charge in [-0.3, -0.25) is 14.7 Å². The fourth-order valence-corrected chi connectivity index (χ4v) is 3.72. The zero-order chi connectivity index (χ0) is 14.1. The molecule has 2 rings (SSSR count). The maximum atomic E-state index is 12.9. The van der Waals surface area contributed by atoms with Crippen LogP contribution in [0, 0.1) is 5.41 Å². The molecule has 0 atom stereocenters. The molecule has 1 amide bonds. The van der Waals surface area contributed by atoms with Crippen LogP contribution in [0.15, 0.2) is 4.99 Å². The van der Waals surface area contributed by atoms with E-state index in [4.69, 9.17) is 4.99 Å². The Labute approximate surface area is 114 Å². The highest BCUT2D eigenvalue weighted by molar-refractivity contribution is 8.15. The molecule has 0 aliphatic carbocycles. The summed E-state index contributed by atoms with van der Waals surface area (Å²) < 4.78 is -0.129. The lowest BCUT2D eigenvalue weighted by Gasteiger charge is -2.51. The minimum Gasteiger partial charge on any atom is -0.283 e. The van der Waals surface area contributed by atoms with Gasteiger partial charge in [0.1, 0.15) is 0 Å². The number of carbonyl (C=O) groups excluding carboxylic acids is 1. The van der Waals surface area contributed by atoms with E-state index in [1.54, 1.807) is 11.8 Å². The van der Waals surface area contributed by atoms with E-state index in [0.29, 0.717) is 0 Å². The lowest BCUT2D eigenvalue weighted by atomic mass is 9.76. The minimum atomic E-state index is -0.381. The van der Waals surface area contributed by atoms with E-state index in [1.807, 2.05) is 18.7 Å². The van der Waals surface area contributed by atoms with Crippen molar-refractivity contribution >= 4 is 22.8 Å². The molecule has 0 aromatic heterocycles. The Morgan fingerprint density at radius 3 is 2.00 bits per heavy atom. The molecule has 0 unspecified atom stereocenters. The van der Waals surface area contributed by atoms with Gasteiger partial charge in [0.25, 0.3) is 0 Å². The number of aliphatic imine (C=N–C) groups is 1. The van der Waals surface area contributed by atoms with Crippen LogP contribution in [0.3, 0.4) is 0 Å². The van der Waals surface area contributed by atoms with E-state index in [2.05, 4.69) is 41.5 Å². The molecule has 4 heteroatoms. The Balaban J connectivity index is 2.57. The smallest absolute Gasteiger partial charge is 0.236 e. The van der Waals surface area contributed by atoms with Gasteiger partial charge in [0.15, 0.2) is 5.17 Å². The van der Waals surface area contributed by atoms with Gasteiger partial charge in [-0.15, -0.1) is 0 Å². The Morgan fingerprint density at radius 2 is 1.50 bits per heavy atom. The van der Waals surface area contributed by atoms with Gasteiger partial charge in [-0.05, 0) is 55.4 Å². The second kappa shape index (κ2) is 3.33. The molecule has 3 nitrogen and oxygen atoms in total. The lowest BCUT2D eigenvalue weighted by molar-refractivity contribution is -0.142. The number of amidine groups is 1. The first kappa shape index (κ1) is 13.9. The van der Waals surface area contributed by atoms with Crippen molar-refractivity contribution < 1.29 is 4.79 Å². The van der Waals surface area contributed by atoms with Gasteiger partial charge in [-0.25, -0.2) is 0 Å². The van der Waals surface area contributed by atoms with Gasteiger partial charge < -0.3 is 0 Å². The number of carbonyl (C=O) groups is 1. The first-order valence-corrected chi connectivity index (χ1v) is 7.30. The van der Waals surface area contributed by atoms with E-state index in [1.165, 1.54) is 0 Å². The summed E-state index contributed by atoms with van der Waals surface area (Å²) in [6.45, 7) is 16.8. The monoisotopic (exact) mass is 268 g/mol. The Kier molecular flexibility index (Phi) is 2.57. The minimum absolute atomic E-state index is 0.129. The van der Waals surface area contributed by atoms with Crippen LogP contribution in [0.25, 0.3) is 0 Å². The molecular formula is C14H24N2OS. The highest BCUT2D eigenvalue weighted by atomic mass is 32.2. The SMILES string of the molecule is CC1(C)N=C2SC(C)(C)C(C)(C)C(=O)N2C1(C)C. The summed E-state index contributed by atoms with van der Waals surface area (Å²) in [5.41, 5.74) is -0.879. The van der Waals surface area contributed by atoms with Gasteiger partial charge in [0.05, 0.1) is 16.5 Å². The van der Waals surface area contributed by atoms with Crippen LogP contribution in [0.4, 0.5) is 0 Å². The van der Waals surface area contributed by atoms with Crippen LogP contribution < -0.4 is 0 Å². The Morgan fingerprint density at radius 1 is 1.00 bits per heavy atom. The normalized spacial score (nSPS) is 31.0. The average molecular weight is 268 g/mol. The molecule has 18 heavy (non-hydrogen) atoms. The van der Waals surface area contributed by atoms with Gasteiger partial charge in [-0.1, -0.05) is 11.8 Å². The third kappa shape index (κ3) is 1.44. The fourth-order valence-electron chi connectivity index (χ4n) is 2.24. The summed E-state index contributed by atoms with van der Waals surface area (Å²) >= 11 is 1.73. The number of amides is 1. The summed E-state index contributed by atoms with van der Waals surface area (Å²) in [7, 11) is 0. The number of fused-ring (bicyclic) bond motifs is 1. The molecule has 2 aliphatic rings. The van der Waals surface area contributed by atoms with Crippen LogP contribution in [0.1, 0.15) is 55.4 Å². The van der Waals surface area contributed by atoms with Crippen molar-refractivity contribution in [1.82, 2.24) is 4.90 Å². The highest BCUT2D eigenvalue weighted by Crippen LogP contribution is 2.54. The fraction of sp³-hybridized carbons (Fsp3) is 0.857. The van der Waals surface area contributed by atoms with Crippen LogP contribution >= 0.6 is 11.8 Å². The lowest BCUT2D eigenvalue weighted by Crippen LogP contribution is -2.63. The van der Waals surface area contributed by atoms with Crippen molar-refractivity contribution in [2.24, 2.45) is 10.4 Å². The van der Waals surface area contributed by atoms with Crippen molar-refractivity contribution in [3.05, 3.63) is 0 Å². The number of rotatable bonds is 0. The van der Waals surface area contributed by atoms with E-state index in [9.17, 15) is 4.79 Å². The third-order valence-corrected chi connectivity index (χ3v) is 6.69. The average Bonchev–Trinajstić information content (AvgIpc) is 2.29. The van der Waals surface area contributed by atoms with E-state index >= 15 is 0 Å². The molecule has 0 radical (unpaired) electrons. The number of thioether (sulfide) groups is 1. The van der Waals surface area contributed by atoms with Crippen molar-refractivity contribution in [3.8, 4) is 0 Å². The molecule has 1 fully saturated rings. The van der Waals surface area contributed by atoms with Gasteiger partial charge >= 0.3 is 0 Å². The summed E-state index contributed by atoms with van der Waals surface area (Å²) in [6, 6.07) is 0. The topological polar surface area (TPSA) is 32.7 Å². The molecule has 0 aromatic rings. The van der Waals surface area contributed by atoms with Crippen molar-refractivity contribution in [3.63, 3.8) is 0 Å². The maximum Gasteiger partial charge on any atom is 0.236 e. The quantitative estimate of drug-likeness (QED) is 0.675. The Hall–Kier alpha value is -0.510. The first-order chi connectivity index (χ1) is 7.84. The van der Waals surface area contributed by atoms with Crippen molar-refractivity contribution in [1.29, 1.82) is 0 Å². The molecule has 2 heterocycles. The summed E-state index contributed by atoms with van der Waals surface area (Å²) in [5.74, 6) is 0.195.